The van der Waals surface area contributed by atoms with E-state index < -0.39 is 12.5 Å². The number of hydrogen-bond donors (Lipinski definition) is 0. The van der Waals surface area contributed by atoms with Crippen molar-refractivity contribution in [1.82, 2.24) is 20.2 Å². The number of carbonyl (C=O) groups is 1. The van der Waals surface area contributed by atoms with Gasteiger partial charge in [0.25, 0.3) is 0 Å². The third kappa shape index (κ3) is 2.22. The van der Waals surface area contributed by atoms with E-state index in [9.17, 15) is 9.90 Å². The highest BCUT2D eigenvalue weighted by Gasteiger charge is 2.05. The fourth-order valence-electron chi connectivity index (χ4n) is 1.33. The van der Waals surface area contributed by atoms with E-state index in [-0.39, 0.29) is 0 Å². The molecule has 0 N–H and O–H groups in total. The minimum atomic E-state index is -1.24. The highest BCUT2D eigenvalue weighted by molar-refractivity contribution is 5.63. The number of benzene rings is 1. The summed E-state index contributed by atoms with van der Waals surface area (Å²) in [5.74, 6) is -0.835. The Morgan fingerprint density at radius 3 is 3.00 bits per heavy atom. The first-order chi connectivity index (χ1) is 7.65. The SMILES string of the molecule is Cc1cccc(-c2nnn(CC(=O)[O-])n2)c1. The number of tetrazole rings is 1. The summed E-state index contributed by atoms with van der Waals surface area (Å²) in [5.41, 5.74) is 1.89. The quantitative estimate of drug-likeness (QED) is 0.685. The summed E-state index contributed by atoms with van der Waals surface area (Å²) in [5, 5.41) is 21.7. The van der Waals surface area contributed by atoms with Gasteiger partial charge in [0.2, 0.25) is 5.82 Å². The van der Waals surface area contributed by atoms with E-state index >= 15 is 0 Å². The molecule has 1 heterocycles. The normalized spacial score (nSPS) is 10.3. The van der Waals surface area contributed by atoms with Crippen molar-refractivity contribution in [3.05, 3.63) is 29.8 Å². The summed E-state index contributed by atoms with van der Waals surface area (Å²) in [6.45, 7) is 1.56. The summed E-state index contributed by atoms with van der Waals surface area (Å²) in [7, 11) is 0. The maximum Gasteiger partial charge on any atom is 0.204 e. The van der Waals surface area contributed by atoms with Gasteiger partial charge in [-0.1, -0.05) is 23.8 Å². The van der Waals surface area contributed by atoms with Crippen LogP contribution in [0.4, 0.5) is 0 Å². The third-order valence-corrected chi connectivity index (χ3v) is 2.00. The van der Waals surface area contributed by atoms with Crippen molar-refractivity contribution in [2.45, 2.75) is 13.5 Å². The summed E-state index contributed by atoms with van der Waals surface area (Å²) < 4.78 is 0. The van der Waals surface area contributed by atoms with Crippen molar-refractivity contribution in [3.63, 3.8) is 0 Å². The van der Waals surface area contributed by atoms with Gasteiger partial charge in [-0.25, -0.2) is 0 Å². The van der Waals surface area contributed by atoms with Crippen molar-refractivity contribution in [3.8, 4) is 11.4 Å². The fraction of sp³-hybridized carbons (Fsp3) is 0.200. The largest absolute Gasteiger partial charge is 0.548 e. The Morgan fingerprint density at radius 1 is 1.50 bits per heavy atom. The molecule has 0 aliphatic rings. The smallest absolute Gasteiger partial charge is 0.204 e. The Kier molecular flexibility index (Phi) is 2.63. The molecular formula is C10H9N4O2-. The number of carbonyl (C=O) groups excluding carboxylic acids is 1. The van der Waals surface area contributed by atoms with Crippen LogP contribution in [0, 0.1) is 6.92 Å². The monoisotopic (exact) mass is 217 g/mol. The van der Waals surface area contributed by atoms with Crippen LogP contribution in [-0.4, -0.2) is 26.2 Å². The lowest BCUT2D eigenvalue weighted by atomic mass is 10.1. The molecule has 0 aliphatic heterocycles. The van der Waals surface area contributed by atoms with E-state index in [1.54, 1.807) is 0 Å². The van der Waals surface area contributed by atoms with Gasteiger partial charge in [0.15, 0.2) is 0 Å². The van der Waals surface area contributed by atoms with Crippen molar-refractivity contribution in [2.75, 3.05) is 0 Å². The summed E-state index contributed by atoms with van der Waals surface area (Å²) in [6.07, 6.45) is 0. The molecule has 0 unspecified atom stereocenters. The maximum absolute atomic E-state index is 10.3. The Bertz CT molecular complexity index is 521. The van der Waals surface area contributed by atoms with E-state index in [1.165, 1.54) is 0 Å². The van der Waals surface area contributed by atoms with E-state index in [0.717, 1.165) is 15.9 Å². The van der Waals surface area contributed by atoms with Crippen LogP contribution >= 0.6 is 0 Å². The van der Waals surface area contributed by atoms with E-state index in [4.69, 9.17) is 0 Å². The standard InChI is InChI=1S/C10H10N4O2/c1-7-3-2-4-8(5-7)10-11-13-14(12-10)6-9(15)16/h2-5H,6H2,1H3,(H,15,16)/p-1. The summed E-state index contributed by atoms with van der Waals surface area (Å²) in [4.78, 5) is 11.3. The lowest BCUT2D eigenvalue weighted by molar-refractivity contribution is -0.307. The highest BCUT2D eigenvalue weighted by atomic mass is 16.4. The molecule has 2 aromatic rings. The predicted octanol–water partition coefficient (Wildman–Crippen LogP) is -0.602. The molecule has 2 rings (SSSR count). The first-order valence-corrected chi connectivity index (χ1v) is 4.70. The molecule has 0 amide bonds. The second-order valence-corrected chi connectivity index (χ2v) is 3.38. The lowest BCUT2D eigenvalue weighted by Gasteiger charge is -1.98. The molecule has 0 saturated carbocycles. The molecule has 0 bridgehead atoms. The molecule has 0 radical (unpaired) electrons. The highest BCUT2D eigenvalue weighted by Crippen LogP contribution is 2.14. The third-order valence-electron chi connectivity index (χ3n) is 2.00. The van der Waals surface area contributed by atoms with Crippen molar-refractivity contribution < 1.29 is 9.90 Å². The summed E-state index contributed by atoms with van der Waals surface area (Å²) in [6, 6.07) is 7.58. The van der Waals surface area contributed by atoms with Crippen LogP contribution < -0.4 is 5.11 Å². The zero-order chi connectivity index (χ0) is 11.5. The van der Waals surface area contributed by atoms with Gasteiger partial charge < -0.3 is 9.90 Å². The van der Waals surface area contributed by atoms with Crippen LogP contribution in [0.5, 0.6) is 0 Å². The molecule has 0 saturated heterocycles. The molecule has 0 aliphatic carbocycles. The molecule has 0 fully saturated rings. The van der Waals surface area contributed by atoms with E-state index in [1.807, 2.05) is 31.2 Å². The van der Waals surface area contributed by atoms with Gasteiger partial charge in [-0.15, -0.1) is 10.2 Å². The Labute approximate surface area is 91.5 Å². The second kappa shape index (κ2) is 4.09. The summed E-state index contributed by atoms with van der Waals surface area (Å²) >= 11 is 0. The van der Waals surface area contributed by atoms with Crippen molar-refractivity contribution in [1.29, 1.82) is 0 Å². The lowest BCUT2D eigenvalue weighted by Crippen LogP contribution is -2.28. The molecule has 6 nitrogen and oxygen atoms in total. The zero-order valence-electron chi connectivity index (χ0n) is 8.62. The molecule has 1 aromatic carbocycles. The number of carboxylic acid groups (broad SMARTS) is 1. The van der Waals surface area contributed by atoms with Gasteiger partial charge in [-0.2, -0.15) is 4.80 Å². The Balaban J connectivity index is 2.28. The Morgan fingerprint density at radius 2 is 2.31 bits per heavy atom. The number of aryl methyl sites for hydroxylation is 1. The molecule has 1 aromatic heterocycles. The number of nitrogens with zero attached hydrogens (tertiary/aromatic N) is 4. The van der Waals surface area contributed by atoms with Crippen molar-refractivity contribution in [2.24, 2.45) is 0 Å². The van der Waals surface area contributed by atoms with Crippen LogP contribution in [0.1, 0.15) is 5.56 Å². The van der Waals surface area contributed by atoms with E-state index in [0.29, 0.717) is 5.82 Å². The van der Waals surface area contributed by atoms with Gasteiger partial charge in [0.1, 0.15) is 6.54 Å². The fourth-order valence-corrected chi connectivity index (χ4v) is 1.33. The predicted molar refractivity (Wildman–Crippen MR) is 53.0 cm³/mol. The van der Waals surface area contributed by atoms with Crippen LogP contribution in [0.25, 0.3) is 11.4 Å². The zero-order valence-corrected chi connectivity index (χ0v) is 8.62. The average Bonchev–Trinajstić information content (AvgIpc) is 2.65. The van der Waals surface area contributed by atoms with Gasteiger partial charge in [0, 0.05) is 5.56 Å². The number of hydrogen-bond acceptors (Lipinski definition) is 5. The van der Waals surface area contributed by atoms with Crippen LogP contribution in [0.3, 0.4) is 0 Å². The minimum absolute atomic E-state index is 0.390. The first-order valence-electron chi connectivity index (χ1n) is 4.70. The second-order valence-electron chi connectivity index (χ2n) is 3.38. The number of aliphatic carboxylic acids is 1. The average molecular weight is 217 g/mol. The van der Waals surface area contributed by atoms with Gasteiger partial charge in [-0.05, 0) is 18.2 Å². The number of rotatable bonds is 3. The molecular weight excluding hydrogens is 208 g/mol. The minimum Gasteiger partial charge on any atom is -0.548 e. The van der Waals surface area contributed by atoms with Gasteiger partial charge >= 0.3 is 0 Å². The molecule has 16 heavy (non-hydrogen) atoms. The molecule has 0 atom stereocenters. The first kappa shape index (κ1) is 10.3. The number of carboxylic acids is 1. The van der Waals surface area contributed by atoms with Crippen LogP contribution in [0.2, 0.25) is 0 Å². The van der Waals surface area contributed by atoms with Crippen LogP contribution in [0.15, 0.2) is 24.3 Å². The topological polar surface area (TPSA) is 83.7 Å². The Hall–Kier alpha value is -2.24. The van der Waals surface area contributed by atoms with Crippen LogP contribution in [-0.2, 0) is 11.3 Å². The molecule has 82 valence electrons. The van der Waals surface area contributed by atoms with Crippen molar-refractivity contribution >= 4 is 5.97 Å². The molecule has 0 spiro atoms. The van der Waals surface area contributed by atoms with E-state index in [2.05, 4.69) is 15.4 Å². The maximum atomic E-state index is 10.3. The molecule has 6 heteroatoms. The van der Waals surface area contributed by atoms with Gasteiger partial charge in [-0.3, -0.25) is 0 Å². The van der Waals surface area contributed by atoms with Gasteiger partial charge in [0.05, 0.1) is 5.97 Å². The number of aromatic nitrogens is 4.